The molecule has 2 atom stereocenters. The number of nitrogens with zero attached hydrogens (tertiary/aromatic N) is 1. The van der Waals surface area contributed by atoms with E-state index in [9.17, 15) is 9.59 Å². The van der Waals surface area contributed by atoms with Crippen molar-refractivity contribution in [1.29, 1.82) is 0 Å². The van der Waals surface area contributed by atoms with Gasteiger partial charge in [-0.3, -0.25) is 9.59 Å². The molecule has 1 aromatic carbocycles. The Morgan fingerprint density at radius 2 is 1.69 bits per heavy atom. The normalized spacial score (nSPS) is 26.7. The summed E-state index contributed by atoms with van der Waals surface area (Å²) in [5.74, 6) is 0.648. The van der Waals surface area contributed by atoms with Crippen molar-refractivity contribution in [1.82, 2.24) is 10.2 Å². The predicted molar refractivity (Wildman–Crippen MR) is 100 cm³/mol. The molecule has 1 heterocycles. The Bertz CT molecular complexity index is 676. The fourth-order valence-electron chi connectivity index (χ4n) is 4.86. The predicted octanol–water partition coefficient (Wildman–Crippen LogP) is 2.16. The molecular weight excluding hydrogens is 326 g/mol. The van der Waals surface area contributed by atoms with Crippen molar-refractivity contribution in [2.75, 3.05) is 13.1 Å². The van der Waals surface area contributed by atoms with Crippen LogP contribution >= 0.6 is 0 Å². The van der Waals surface area contributed by atoms with E-state index in [0.717, 1.165) is 37.7 Å². The van der Waals surface area contributed by atoms with Gasteiger partial charge in [-0.2, -0.15) is 0 Å². The third kappa shape index (κ3) is 3.37. The smallest absolute Gasteiger partial charge is 0.225 e. The third-order valence-corrected chi connectivity index (χ3v) is 6.50. The van der Waals surface area contributed by atoms with Gasteiger partial charge in [0, 0.05) is 24.9 Å². The van der Waals surface area contributed by atoms with Gasteiger partial charge in [-0.15, -0.1) is 0 Å². The first-order chi connectivity index (χ1) is 12.6. The number of fused-ring (bicyclic) bond motifs is 1. The van der Waals surface area contributed by atoms with Crippen LogP contribution in [-0.4, -0.2) is 35.8 Å². The number of rotatable bonds is 3. The van der Waals surface area contributed by atoms with E-state index in [1.54, 1.807) is 0 Å². The zero-order valence-electron chi connectivity index (χ0n) is 15.3. The summed E-state index contributed by atoms with van der Waals surface area (Å²) in [5, 5.41) is 3.18. The zero-order chi connectivity index (χ0) is 18.1. The number of hydrogen-bond acceptors (Lipinski definition) is 3. The van der Waals surface area contributed by atoms with E-state index < -0.39 is 0 Å². The minimum absolute atomic E-state index is 0.00135. The lowest BCUT2D eigenvalue weighted by atomic mass is 9.94. The van der Waals surface area contributed by atoms with Crippen LogP contribution in [0.2, 0.25) is 0 Å². The van der Waals surface area contributed by atoms with Crippen LogP contribution < -0.4 is 11.1 Å². The van der Waals surface area contributed by atoms with Crippen molar-refractivity contribution in [2.24, 2.45) is 17.6 Å². The molecule has 1 saturated heterocycles. The average molecular weight is 355 g/mol. The van der Waals surface area contributed by atoms with E-state index in [2.05, 4.69) is 17.4 Å². The van der Waals surface area contributed by atoms with Crippen LogP contribution in [0, 0.1) is 11.8 Å². The van der Waals surface area contributed by atoms with Gasteiger partial charge in [-0.05, 0) is 43.2 Å². The summed E-state index contributed by atoms with van der Waals surface area (Å²) >= 11 is 0. The van der Waals surface area contributed by atoms with Crippen molar-refractivity contribution >= 4 is 11.8 Å². The van der Waals surface area contributed by atoms with E-state index in [0.29, 0.717) is 19.0 Å². The molecule has 26 heavy (non-hydrogen) atoms. The van der Waals surface area contributed by atoms with Gasteiger partial charge in [0.15, 0.2) is 0 Å². The molecule has 2 aliphatic carbocycles. The third-order valence-electron chi connectivity index (χ3n) is 6.50. The van der Waals surface area contributed by atoms with Crippen molar-refractivity contribution in [2.45, 2.75) is 57.0 Å². The molecule has 3 N–H and O–H groups in total. The Labute approximate surface area is 155 Å². The Kier molecular flexibility index (Phi) is 4.98. The highest BCUT2D eigenvalue weighted by atomic mass is 16.2. The minimum atomic E-state index is -0.126. The summed E-state index contributed by atoms with van der Waals surface area (Å²) in [6.45, 7) is 1.43. The second-order valence-electron chi connectivity index (χ2n) is 8.12. The molecule has 4 rings (SSSR count). The van der Waals surface area contributed by atoms with Crippen molar-refractivity contribution in [3.63, 3.8) is 0 Å². The van der Waals surface area contributed by atoms with Gasteiger partial charge in [0.2, 0.25) is 11.8 Å². The molecule has 3 aliphatic rings. The summed E-state index contributed by atoms with van der Waals surface area (Å²) < 4.78 is 0. The number of carbonyl (C=O) groups is 2. The van der Waals surface area contributed by atoms with Crippen LogP contribution in [0.4, 0.5) is 0 Å². The van der Waals surface area contributed by atoms with Crippen molar-refractivity contribution in [3.05, 3.63) is 35.4 Å². The van der Waals surface area contributed by atoms with E-state index >= 15 is 0 Å². The van der Waals surface area contributed by atoms with Gasteiger partial charge in [0.1, 0.15) is 0 Å². The van der Waals surface area contributed by atoms with Crippen molar-refractivity contribution in [3.8, 4) is 0 Å². The van der Waals surface area contributed by atoms with Gasteiger partial charge in [-0.1, -0.05) is 37.1 Å². The maximum atomic E-state index is 12.7. The topological polar surface area (TPSA) is 75.4 Å². The van der Waals surface area contributed by atoms with Gasteiger partial charge >= 0.3 is 0 Å². The number of carbonyl (C=O) groups excluding carboxylic acids is 2. The Morgan fingerprint density at radius 3 is 2.38 bits per heavy atom. The molecule has 0 unspecified atom stereocenters. The molecular formula is C21H29N3O2. The zero-order valence-corrected chi connectivity index (χ0v) is 15.3. The van der Waals surface area contributed by atoms with Gasteiger partial charge < -0.3 is 16.0 Å². The molecule has 2 amide bonds. The molecule has 1 aliphatic heterocycles. The highest BCUT2D eigenvalue weighted by molar-refractivity contribution is 5.81. The fraction of sp³-hybridized carbons (Fsp3) is 0.619. The lowest BCUT2D eigenvalue weighted by Crippen LogP contribution is -2.48. The first-order valence-electron chi connectivity index (χ1n) is 10.1. The SMILES string of the molecule is N[C@H]1c2ccccc2C[C@@H]1NC(=O)C1CCN(C(=O)C2CCCC2)CC1. The summed E-state index contributed by atoms with van der Waals surface area (Å²) in [5.41, 5.74) is 8.72. The van der Waals surface area contributed by atoms with E-state index in [1.807, 2.05) is 17.0 Å². The summed E-state index contributed by atoms with van der Waals surface area (Å²) in [4.78, 5) is 27.2. The molecule has 5 heteroatoms. The van der Waals surface area contributed by atoms with Crippen LogP contribution in [0.5, 0.6) is 0 Å². The molecule has 140 valence electrons. The Morgan fingerprint density at radius 1 is 1.00 bits per heavy atom. The lowest BCUT2D eigenvalue weighted by molar-refractivity contribution is -0.139. The molecule has 2 fully saturated rings. The minimum Gasteiger partial charge on any atom is -0.351 e. The number of likely N-dealkylation sites (tertiary alicyclic amines) is 1. The number of benzene rings is 1. The Hall–Kier alpha value is -1.88. The second kappa shape index (κ2) is 7.39. The average Bonchev–Trinajstić information content (AvgIpc) is 3.31. The Balaban J connectivity index is 1.28. The quantitative estimate of drug-likeness (QED) is 0.872. The van der Waals surface area contributed by atoms with E-state index in [-0.39, 0.29) is 29.8 Å². The van der Waals surface area contributed by atoms with Crippen LogP contribution in [0.1, 0.15) is 55.7 Å². The lowest BCUT2D eigenvalue weighted by Gasteiger charge is -2.33. The molecule has 5 nitrogen and oxygen atoms in total. The maximum absolute atomic E-state index is 12.7. The molecule has 0 bridgehead atoms. The van der Waals surface area contributed by atoms with E-state index in [1.165, 1.54) is 18.4 Å². The number of nitrogens with two attached hydrogens (primary N) is 1. The molecule has 0 spiro atoms. The van der Waals surface area contributed by atoms with Gasteiger partial charge in [0.25, 0.3) is 0 Å². The first-order valence-corrected chi connectivity index (χ1v) is 10.1. The van der Waals surface area contributed by atoms with E-state index in [4.69, 9.17) is 5.73 Å². The second-order valence-corrected chi connectivity index (χ2v) is 8.12. The molecule has 1 aromatic rings. The number of hydrogen-bond donors (Lipinski definition) is 2. The standard InChI is InChI=1S/C21H29N3O2/c22-19-17-8-4-3-7-16(17)13-18(19)23-20(25)14-9-11-24(12-10-14)21(26)15-5-1-2-6-15/h3-4,7-8,14-15,18-19H,1-2,5-6,9-13,22H2,(H,23,25)/t18-,19-/m0/s1. The first kappa shape index (κ1) is 17.5. The van der Waals surface area contributed by atoms with Crippen molar-refractivity contribution < 1.29 is 9.59 Å². The fourth-order valence-corrected chi connectivity index (χ4v) is 4.86. The molecule has 1 saturated carbocycles. The van der Waals surface area contributed by atoms with Crippen LogP contribution in [0.3, 0.4) is 0 Å². The van der Waals surface area contributed by atoms with Crippen LogP contribution in [0.15, 0.2) is 24.3 Å². The number of amides is 2. The van der Waals surface area contributed by atoms with Gasteiger partial charge in [0.05, 0.1) is 12.1 Å². The summed E-state index contributed by atoms with van der Waals surface area (Å²) in [6, 6.07) is 8.03. The van der Waals surface area contributed by atoms with Gasteiger partial charge in [-0.25, -0.2) is 0 Å². The monoisotopic (exact) mass is 355 g/mol. The summed E-state index contributed by atoms with van der Waals surface area (Å²) in [7, 11) is 0. The highest BCUT2D eigenvalue weighted by Crippen LogP contribution is 2.31. The van der Waals surface area contributed by atoms with Crippen LogP contribution in [-0.2, 0) is 16.0 Å². The van der Waals surface area contributed by atoms with Crippen LogP contribution in [0.25, 0.3) is 0 Å². The molecule has 0 aromatic heterocycles. The summed E-state index contributed by atoms with van der Waals surface area (Å²) in [6.07, 6.45) is 6.78. The maximum Gasteiger partial charge on any atom is 0.225 e. The number of piperidine rings is 1. The number of nitrogens with one attached hydrogen (secondary N) is 1. The largest absolute Gasteiger partial charge is 0.351 e. The molecule has 0 radical (unpaired) electrons. The highest BCUT2D eigenvalue weighted by Gasteiger charge is 2.35.